The van der Waals surface area contributed by atoms with Crippen molar-refractivity contribution < 1.29 is 17.9 Å². The molecule has 1 amide bonds. The highest BCUT2D eigenvalue weighted by atomic mass is 32.2. The lowest BCUT2D eigenvalue weighted by atomic mass is 10.1. The van der Waals surface area contributed by atoms with Gasteiger partial charge in [-0.1, -0.05) is 6.07 Å². The molecule has 1 aromatic carbocycles. The molecule has 1 aliphatic rings. The molecule has 20 heavy (non-hydrogen) atoms. The summed E-state index contributed by atoms with van der Waals surface area (Å²) in [5.74, 6) is -0.219. The fraction of sp³-hybridized carbons (Fsp3) is 0.462. The van der Waals surface area contributed by atoms with Crippen molar-refractivity contribution in [3.63, 3.8) is 0 Å². The fourth-order valence-corrected chi connectivity index (χ4v) is 2.73. The van der Waals surface area contributed by atoms with Gasteiger partial charge in [0, 0.05) is 19.2 Å². The molecule has 1 aromatic rings. The van der Waals surface area contributed by atoms with Crippen molar-refractivity contribution in [3.05, 3.63) is 29.3 Å². The first-order chi connectivity index (χ1) is 9.30. The molecule has 2 N–H and O–H groups in total. The van der Waals surface area contributed by atoms with Crippen LogP contribution < -0.4 is 5.14 Å². The number of hydrogen-bond acceptors (Lipinski definition) is 4. The SMILES string of the molecule is Cc1ccc(S(N)(=O)=O)cc1C(=O)N(C)C1CCOC1. The largest absolute Gasteiger partial charge is 0.379 e. The van der Waals surface area contributed by atoms with Crippen LogP contribution in [-0.4, -0.2) is 45.5 Å². The minimum Gasteiger partial charge on any atom is -0.379 e. The summed E-state index contributed by atoms with van der Waals surface area (Å²) in [6, 6.07) is 4.35. The van der Waals surface area contributed by atoms with Gasteiger partial charge in [-0.05, 0) is 31.0 Å². The molecule has 2 rings (SSSR count). The smallest absolute Gasteiger partial charge is 0.254 e. The van der Waals surface area contributed by atoms with E-state index in [1.54, 1.807) is 24.9 Å². The molecule has 0 bridgehead atoms. The van der Waals surface area contributed by atoms with E-state index in [1.807, 2.05) is 0 Å². The molecule has 1 fully saturated rings. The van der Waals surface area contributed by atoms with Crippen LogP contribution in [0.4, 0.5) is 0 Å². The Labute approximate surface area is 118 Å². The molecule has 0 aliphatic carbocycles. The lowest BCUT2D eigenvalue weighted by Crippen LogP contribution is -2.37. The Morgan fingerprint density at radius 3 is 2.70 bits per heavy atom. The molecule has 110 valence electrons. The van der Waals surface area contributed by atoms with Crippen molar-refractivity contribution in [3.8, 4) is 0 Å². The number of amides is 1. The quantitative estimate of drug-likeness (QED) is 0.880. The molecule has 1 unspecified atom stereocenters. The minimum atomic E-state index is -3.82. The maximum Gasteiger partial charge on any atom is 0.254 e. The van der Waals surface area contributed by atoms with Crippen LogP contribution in [0.25, 0.3) is 0 Å². The molecule has 7 heteroatoms. The summed E-state index contributed by atoms with van der Waals surface area (Å²) in [6.07, 6.45) is 0.788. The minimum absolute atomic E-state index is 0.0278. The van der Waals surface area contributed by atoms with E-state index in [0.717, 1.165) is 6.42 Å². The fourth-order valence-electron chi connectivity index (χ4n) is 2.19. The Kier molecular flexibility index (Phi) is 4.12. The highest BCUT2D eigenvalue weighted by molar-refractivity contribution is 7.89. The lowest BCUT2D eigenvalue weighted by molar-refractivity contribution is 0.0710. The summed E-state index contributed by atoms with van der Waals surface area (Å²) in [6.45, 7) is 2.91. The molecular weight excluding hydrogens is 280 g/mol. The Morgan fingerprint density at radius 1 is 1.45 bits per heavy atom. The van der Waals surface area contributed by atoms with E-state index >= 15 is 0 Å². The van der Waals surface area contributed by atoms with Crippen LogP contribution in [0.1, 0.15) is 22.3 Å². The summed E-state index contributed by atoms with van der Waals surface area (Å²) in [7, 11) is -2.12. The molecule has 1 aliphatic heterocycles. The molecule has 0 aromatic heterocycles. The first-order valence-electron chi connectivity index (χ1n) is 6.29. The van der Waals surface area contributed by atoms with Crippen molar-refractivity contribution in [2.45, 2.75) is 24.3 Å². The van der Waals surface area contributed by atoms with E-state index in [-0.39, 0.29) is 16.8 Å². The van der Waals surface area contributed by atoms with E-state index in [0.29, 0.717) is 24.3 Å². The third kappa shape index (κ3) is 3.00. The maximum atomic E-state index is 12.5. The van der Waals surface area contributed by atoms with Gasteiger partial charge in [-0.25, -0.2) is 13.6 Å². The zero-order valence-corrected chi connectivity index (χ0v) is 12.3. The van der Waals surface area contributed by atoms with Crippen molar-refractivity contribution in [2.24, 2.45) is 5.14 Å². The molecular formula is C13H18N2O4S. The average molecular weight is 298 g/mol. The number of carbonyl (C=O) groups is 1. The van der Waals surface area contributed by atoms with Crippen molar-refractivity contribution in [1.29, 1.82) is 0 Å². The third-order valence-electron chi connectivity index (χ3n) is 3.54. The zero-order chi connectivity index (χ0) is 14.9. The summed E-state index contributed by atoms with van der Waals surface area (Å²) in [4.78, 5) is 14.0. The predicted molar refractivity (Wildman–Crippen MR) is 73.9 cm³/mol. The van der Waals surface area contributed by atoms with Crippen molar-refractivity contribution >= 4 is 15.9 Å². The van der Waals surface area contributed by atoms with Crippen LogP contribution >= 0.6 is 0 Å². The number of ether oxygens (including phenoxy) is 1. The number of aryl methyl sites for hydroxylation is 1. The summed E-state index contributed by atoms with van der Waals surface area (Å²) >= 11 is 0. The summed E-state index contributed by atoms with van der Waals surface area (Å²) in [5, 5.41) is 5.10. The Bertz CT molecular complexity index is 621. The average Bonchev–Trinajstić information content (AvgIpc) is 2.90. The number of nitrogens with two attached hydrogens (primary N) is 1. The van der Waals surface area contributed by atoms with E-state index in [4.69, 9.17) is 9.88 Å². The number of carbonyl (C=O) groups excluding carboxylic acids is 1. The van der Waals surface area contributed by atoms with Crippen molar-refractivity contribution in [2.75, 3.05) is 20.3 Å². The number of sulfonamides is 1. The van der Waals surface area contributed by atoms with Crippen LogP contribution in [0.5, 0.6) is 0 Å². The molecule has 0 spiro atoms. The number of likely N-dealkylation sites (N-methyl/N-ethyl adjacent to an activating group) is 1. The van der Waals surface area contributed by atoms with Gasteiger partial charge in [-0.3, -0.25) is 4.79 Å². The monoisotopic (exact) mass is 298 g/mol. The van der Waals surface area contributed by atoms with Gasteiger partial charge in [0.25, 0.3) is 5.91 Å². The topological polar surface area (TPSA) is 89.7 Å². The van der Waals surface area contributed by atoms with Gasteiger partial charge < -0.3 is 9.64 Å². The second-order valence-corrected chi connectivity index (χ2v) is 6.52. The van der Waals surface area contributed by atoms with E-state index < -0.39 is 10.0 Å². The Balaban J connectivity index is 2.33. The van der Waals surface area contributed by atoms with Crippen LogP contribution in [0.3, 0.4) is 0 Å². The highest BCUT2D eigenvalue weighted by Crippen LogP contribution is 2.19. The second-order valence-electron chi connectivity index (χ2n) is 4.96. The lowest BCUT2D eigenvalue weighted by Gasteiger charge is -2.24. The molecule has 0 radical (unpaired) electrons. The molecule has 1 saturated heterocycles. The summed E-state index contributed by atoms with van der Waals surface area (Å²) in [5.41, 5.74) is 1.07. The number of primary sulfonamides is 1. The maximum absolute atomic E-state index is 12.5. The van der Waals surface area contributed by atoms with Gasteiger partial charge in [0.15, 0.2) is 0 Å². The van der Waals surface area contributed by atoms with E-state index in [9.17, 15) is 13.2 Å². The number of nitrogens with zero attached hydrogens (tertiary/aromatic N) is 1. The number of rotatable bonds is 3. The highest BCUT2D eigenvalue weighted by Gasteiger charge is 2.26. The summed E-state index contributed by atoms with van der Waals surface area (Å²) < 4.78 is 28.0. The standard InChI is InChI=1S/C13H18N2O4S/c1-9-3-4-11(20(14,17)18)7-12(9)13(16)15(2)10-5-6-19-8-10/h3-4,7,10H,5-6,8H2,1-2H3,(H2,14,17,18). The first kappa shape index (κ1) is 15.0. The molecule has 1 heterocycles. The first-order valence-corrected chi connectivity index (χ1v) is 7.83. The molecule has 6 nitrogen and oxygen atoms in total. The second kappa shape index (κ2) is 5.51. The van der Waals surface area contributed by atoms with Gasteiger partial charge in [0.1, 0.15) is 0 Å². The molecule has 0 saturated carbocycles. The van der Waals surface area contributed by atoms with Crippen molar-refractivity contribution in [1.82, 2.24) is 4.90 Å². The van der Waals surface area contributed by atoms with Crippen LogP contribution in [0, 0.1) is 6.92 Å². The Morgan fingerprint density at radius 2 is 2.15 bits per heavy atom. The zero-order valence-electron chi connectivity index (χ0n) is 11.5. The van der Waals surface area contributed by atoms with Gasteiger partial charge in [-0.15, -0.1) is 0 Å². The van der Waals surface area contributed by atoms with Gasteiger partial charge in [-0.2, -0.15) is 0 Å². The number of benzene rings is 1. The van der Waals surface area contributed by atoms with E-state index in [2.05, 4.69) is 0 Å². The van der Waals surface area contributed by atoms with Gasteiger partial charge in [0.2, 0.25) is 10.0 Å². The van der Waals surface area contributed by atoms with Gasteiger partial charge in [0.05, 0.1) is 17.5 Å². The molecule has 1 atom stereocenters. The third-order valence-corrected chi connectivity index (χ3v) is 4.45. The number of hydrogen-bond donors (Lipinski definition) is 1. The van der Waals surface area contributed by atoms with Crippen LogP contribution in [0.2, 0.25) is 0 Å². The van der Waals surface area contributed by atoms with E-state index in [1.165, 1.54) is 12.1 Å². The Hall–Kier alpha value is -1.44. The normalized spacial score (nSPS) is 19.1. The van der Waals surface area contributed by atoms with Crippen LogP contribution in [0.15, 0.2) is 23.1 Å². The van der Waals surface area contributed by atoms with Crippen LogP contribution in [-0.2, 0) is 14.8 Å². The predicted octanol–water partition coefficient (Wildman–Crippen LogP) is 0.503. The van der Waals surface area contributed by atoms with Gasteiger partial charge >= 0.3 is 0 Å².